The molecule has 2 N–H and O–H groups in total. The second-order valence-corrected chi connectivity index (χ2v) is 5.97. The molecule has 1 heterocycles. The van der Waals surface area contributed by atoms with E-state index in [4.69, 9.17) is 11.6 Å². The zero-order valence-electron chi connectivity index (χ0n) is 13.9. The van der Waals surface area contributed by atoms with Gasteiger partial charge in [-0.15, -0.1) is 0 Å². The van der Waals surface area contributed by atoms with Crippen LogP contribution in [0.5, 0.6) is 0 Å². The number of rotatable bonds is 9. The molecule has 6 heteroatoms. The van der Waals surface area contributed by atoms with Gasteiger partial charge in [0.05, 0.1) is 0 Å². The zero-order chi connectivity index (χ0) is 17.2. The van der Waals surface area contributed by atoms with Crippen molar-refractivity contribution in [1.82, 2.24) is 15.3 Å². The summed E-state index contributed by atoms with van der Waals surface area (Å²) in [6.45, 7) is 3.49. The number of nitrogens with zero attached hydrogens (tertiary/aromatic N) is 2. The largest absolute Gasteiger partial charge is 0.354 e. The predicted molar refractivity (Wildman–Crippen MR) is 97.5 cm³/mol. The van der Waals surface area contributed by atoms with E-state index in [-0.39, 0.29) is 5.91 Å². The molecule has 0 saturated carbocycles. The molecule has 0 atom stereocenters. The molecule has 0 unspecified atom stereocenters. The van der Waals surface area contributed by atoms with Crippen molar-refractivity contribution < 1.29 is 4.79 Å². The second-order valence-electron chi connectivity index (χ2n) is 5.53. The molecule has 2 rings (SSSR count). The maximum Gasteiger partial charge on any atom is 0.270 e. The standard InChI is InChI=1S/C18H23ClN4O/c1-2-3-4-11-20-17(24)16-10-13-22-18(23-16)21-12-9-14-5-7-15(19)8-6-14/h5-8,10,13H,2-4,9,11-12H2,1H3,(H,20,24)(H,21,22,23). The van der Waals surface area contributed by atoms with Crippen molar-refractivity contribution in [2.75, 3.05) is 18.4 Å². The van der Waals surface area contributed by atoms with E-state index in [0.717, 1.165) is 30.7 Å². The third-order valence-corrected chi connectivity index (χ3v) is 3.82. The van der Waals surface area contributed by atoms with Crippen LogP contribution in [0.15, 0.2) is 36.5 Å². The molecule has 0 spiro atoms. The molecule has 0 aliphatic rings. The molecule has 0 saturated heterocycles. The Hall–Kier alpha value is -2.14. The van der Waals surface area contributed by atoms with Crippen LogP contribution in [0.25, 0.3) is 0 Å². The number of unbranched alkanes of at least 4 members (excludes halogenated alkanes) is 2. The van der Waals surface area contributed by atoms with Gasteiger partial charge in [-0.1, -0.05) is 43.5 Å². The third kappa shape index (κ3) is 6.16. The van der Waals surface area contributed by atoms with E-state index >= 15 is 0 Å². The lowest BCUT2D eigenvalue weighted by atomic mass is 10.1. The molecule has 128 valence electrons. The first-order chi connectivity index (χ1) is 11.7. The Morgan fingerprint density at radius 3 is 2.67 bits per heavy atom. The van der Waals surface area contributed by atoms with Crippen LogP contribution in [0.4, 0.5) is 5.95 Å². The van der Waals surface area contributed by atoms with E-state index in [2.05, 4.69) is 27.5 Å². The smallest absolute Gasteiger partial charge is 0.270 e. The van der Waals surface area contributed by atoms with Crippen molar-refractivity contribution >= 4 is 23.5 Å². The molecule has 0 radical (unpaired) electrons. The van der Waals surface area contributed by atoms with Crippen LogP contribution >= 0.6 is 11.6 Å². The first kappa shape index (κ1) is 18.2. The summed E-state index contributed by atoms with van der Waals surface area (Å²) in [6, 6.07) is 9.35. The molecule has 0 bridgehead atoms. The average Bonchev–Trinajstić information content (AvgIpc) is 2.60. The fraction of sp³-hybridized carbons (Fsp3) is 0.389. The van der Waals surface area contributed by atoms with Crippen molar-refractivity contribution in [2.45, 2.75) is 32.6 Å². The molecule has 1 amide bonds. The van der Waals surface area contributed by atoms with Crippen molar-refractivity contribution in [2.24, 2.45) is 0 Å². The van der Waals surface area contributed by atoms with E-state index in [1.54, 1.807) is 12.3 Å². The number of anilines is 1. The quantitative estimate of drug-likeness (QED) is 0.679. The van der Waals surface area contributed by atoms with Crippen LogP contribution in [0.2, 0.25) is 5.02 Å². The van der Waals surface area contributed by atoms with Gasteiger partial charge in [0.2, 0.25) is 5.95 Å². The molecule has 5 nitrogen and oxygen atoms in total. The first-order valence-corrected chi connectivity index (χ1v) is 8.66. The fourth-order valence-electron chi connectivity index (χ4n) is 2.21. The summed E-state index contributed by atoms with van der Waals surface area (Å²) in [5.74, 6) is 0.305. The van der Waals surface area contributed by atoms with Crippen molar-refractivity contribution in [3.63, 3.8) is 0 Å². The van der Waals surface area contributed by atoms with Gasteiger partial charge >= 0.3 is 0 Å². The number of hydrogen-bond acceptors (Lipinski definition) is 4. The molecular weight excluding hydrogens is 324 g/mol. The number of hydrogen-bond donors (Lipinski definition) is 2. The fourth-order valence-corrected chi connectivity index (χ4v) is 2.33. The summed E-state index contributed by atoms with van der Waals surface area (Å²) in [4.78, 5) is 20.5. The van der Waals surface area contributed by atoms with E-state index < -0.39 is 0 Å². The normalized spacial score (nSPS) is 10.4. The number of halogens is 1. The van der Waals surface area contributed by atoms with Crippen molar-refractivity contribution in [3.05, 3.63) is 52.8 Å². The number of aromatic nitrogens is 2. The topological polar surface area (TPSA) is 66.9 Å². The minimum absolute atomic E-state index is 0.158. The summed E-state index contributed by atoms with van der Waals surface area (Å²) in [5.41, 5.74) is 1.56. The number of amides is 1. The molecule has 0 aliphatic heterocycles. The van der Waals surface area contributed by atoms with Crippen LogP contribution < -0.4 is 10.6 Å². The van der Waals surface area contributed by atoms with Gasteiger partial charge in [-0.05, 0) is 36.6 Å². The zero-order valence-corrected chi connectivity index (χ0v) is 14.6. The lowest BCUT2D eigenvalue weighted by Crippen LogP contribution is -2.25. The van der Waals surface area contributed by atoms with Gasteiger partial charge < -0.3 is 10.6 Å². The Bertz CT molecular complexity index is 646. The summed E-state index contributed by atoms with van der Waals surface area (Å²) in [6.07, 6.45) is 5.65. The van der Waals surface area contributed by atoms with Gasteiger partial charge in [0.15, 0.2) is 0 Å². The summed E-state index contributed by atoms with van der Waals surface area (Å²) >= 11 is 5.87. The third-order valence-electron chi connectivity index (χ3n) is 3.56. The van der Waals surface area contributed by atoms with E-state index in [1.165, 1.54) is 5.56 Å². The molecule has 24 heavy (non-hydrogen) atoms. The van der Waals surface area contributed by atoms with Gasteiger partial charge in [-0.3, -0.25) is 4.79 Å². The Kier molecular flexibility index (Phi) is 7.49. The van der Waals surface area contributed by atoms with Gasteiger partial charge in [-0.2, -0.15) is 0 Å². The number of carbonyl (C=O) groups excluding carboxylic acids is 1. The molecule has 1 aromatic carbocycles. The van der Waals surface area contributed by atoms with Crippen LogP contribution in [-0.4, -0.2) is 29.0 Å². The SMILES string of the molecule is CCCCCNC(=O)c1ccnc(NCCc2ccc(Cl)cc2)n1. The molecular formula is C18H23ClN4O. The van der Waals surface area contributed by atoms with Gasteiger partial charge in [0.1, 0.15) is 5.69 Å². The van der Waals surface area contributed by atoms with Gasteiger partial charge in [0.25, 0.3) is 5.91 Å². The Labute approximate surface area is 147 Å². The second kappa shape index (κ2) is 9.88. The lowest BCUT2D eigenvalue weighted by Gasteiger charge is -2.07. The maximum absolute atomic E-state index is 12.0. The monoisotopic (exact) mass is 346 g/mol. The van der Waals surface area contributed by atoms with Gasteiger partial charge in [-0.25, -0.2) is 9.97 Å². The highest BCUT2D eigenvalue weighted by Gasteiger charge is 2.07. The van der Waals surface area contributed by atoms with Crippen molar-refractivity contribution in [1.29, 1.82) is 0 Å². The summed E-state index contributed by atoms with van der Waals surface area (Å²) in [7, 11) is 0. The van der Waals surface area contributed by atoms with Crippen LogP contribution in [0.1, 0.15) is 42.2 Å². The molecule has 2 aromatic rings. The van der Waals surface area contributed by atoms with E-state index in [9.17, 15) is 4.79 Å². The van der Waals surface area contributed by atoms with E-state index in [1.807, 2.05) is 24.3 Å². The van der Waals surface area contributed by atoms with Crippen LogP contribution in [-0.2, 0) is 6.42 Å². The highest BCUT2D eigenvalue weighted by atomic mass is 35.5. The van der Waals surface area contributed by atoms with Gasteiger partial charge in [0, 0.05) is 24.3 Å². The molecule has 0 fully saturated rings. The molecule has 1 aromatic heterocycles. The average molecular weight is 347 g/mol. The first-order valence-electron chi connectivity index (χ1n) is 8.28. The number of nitrogens with one attached hydrogen (secondary N) is 2. The Morgan fingerprint density at radius 1 is 1.12 bits per heavy atom. The number of carbonyl (C=O) groups is 1. The van der Waals surface area contributed by atoms with Crippen LogP contribution in [0, 0.1) is 0 Å². The highest BCUT2D eigenvalue weighted by molar-refractivity contribution is 6.30. The van der Waals surface area contributed by atoms with Crippen LogP contribution in [0.3, 0.4) is 0 Å². The number of benzene rings is 1. The lowest BCUT2D eigenvalue weighted by molar-refractivity contribution is 0.0948. The Balaban J connectivity index is 1.81. The maximum atomic E-state index is 12.0. The summed E-state index contributed by atoms with van der Waals surface area (Å²) < 4.78 is 0. The minimum atomic E-state index is -0.158. The van der Waals surface area contributed by atoms with E-state index in [0.29, 0.717) is 24.7 Å². The highest BCUT2D eigenvalue weighted by Crippen LogP contribution is 2.10. The summed E-state index contributed by atoms with van der Waals surface area (Å²) in [5, 5.41) is 6.75. The molecule has 0 aliphatic carbocycles. The Morgan fingerprint density at radius 2 is 1.92 bits per heavy atom. The minimum Gasteiger partial charge on any atom is -0.354 e. The predicted octanol–water partition coefficient (Wildman–Crippen LogP) is 3.70. The van der Waals surface area contributed by atoms with Crippen molar-refractivity contribution in [3.8, 4) is 0 Å².